The summed E-state index contributed by atoms with van der Waals surface area (Å²) in [5.41, 5.74) is 0. The van der Waals surface area contributed by atoms with Crippen LogP contribution in [-0.4, -0.2) is 0 Å². The molecule has 0 aliphatic carbocycles. The summed E-state index contributed by atoms with van der Waals surface area (Å²) in [6, 6.07) is 0. The van der Waals surface area contributed by atoms with Crippen LogP contribution in [0.2, 0.25) is 0 Å². The van der Waals surface area contributed by atoms with Crippen molar-refractivity contribution in [3.8, 4) is 0 Å². The van der Waals surface area contributed by atoms with E-state index in [1.54, 1.807) is 0 Å². The molecule has 0 heteroatoms. The first kappa shape index (κ1) is 11.2. The topological polar surface area (TPSA) is 0 Å². The van der Waals surface area contributed by atoms with Gasteiger partial charge in [0.2, 0.25) is 0 Å². The molecule has 0 rings (SSSR count). The zero-order valence-corrected chi connectivity index (χ0v) is 8.29. The third-order valence-electron chi connectivity index (χ3n) is 1.57. The lowest BCUT2D eigenvalue weighted by Gasteiger charge is -1.84. The Morgan fingerprint density at radius 2 is 1.42 bits per heavy atom. The number of unbranched alkanes of at least 4 members (excludes halogenated alkanes) is 2. The maximum Gasteiger partial charge on any atom is -0.0313 e. The van der Waals surface area contributed by atoms with Gasteiger partial charge in [-0.2, -0.15) is 0 Å². The van der Waals surface area contributed by atoms with Crippen LogP contribution in [-0.2, 0) is 0 Å². The fourth-order valence-corrected chi connectivity index (χ4v) is 0.875. The summed E-state index contributed by atoms with van der Waals surface area (Å²) in [4.78, 5) is 0. The fourth-order valence-electron chi connectivity index (χ4n) is 0.875. The smallest absolute Gasteiger partial charge is 0.0313 e. The highest BCUT2D eigenvalue weighted by molar-refractivity contribution is 5.02. The van der Waals surface area contributed by atoms with Gasteiger partial charge in [-0.05, 0) is 26.2 Å². The largest absolute Gasteiger partial charge is 0.0917 e. The van der Waals surface area contributed by atoms with E-state index in [2.05, 4.69) is 50.3 Å². The van der Waals surface area contributed by atoms with Gasteiger partial charge in [0.25, 0.3) is 0 Å². The zero-order valence-electron chi connectivity index (χ0n) is 8.29. The van der Waals surface area contributed by atoms with Crippen LogP contribution in [0.1, 0.15) is 39.5 Å². The number of rotatable bonds is 6. The SMILES string of the molecule is CC=CCCC=CC=CCCC. The summed E-state index contributed by atoms with van der Waals surface area (Å²) in [5, 5.41) is 0. The molecule has 12 heavy (non-hydrogen) atoms. The minimum Gasteiger partial charge on any atom is -0.0917 e. The molecule has 68 valence electrons. The van der Waals surface area contributed by atoms with Crippen molar-refractivity contribution in [1.82, 2.24) is 0 Å². The zero-order chi connectivity index (χ0) is 9.07. The van der Waals surface area contributed by atoms with Crippen LogP contribution >= 0.6 is 0 Å². The van der Waals surface area contributed by atoms with Crippen LogP contribution < -0.4 is 0 Å². The van der Waals surface area contributed by atoms with E-state index < -0.39 is 0 Å². The first-order valence-corrected chi connectivity index (χ1v) is 4.84. The second-order valence-corrected chi connectivity index (χ2v) is 2.79. The van der Waals surface area contributed by atoms with Crippen molar-refractivity contribution >= 4 is 0 Å². The Labute approximate surface area is 76.7 Å². The fraction of sp³-hybridized carbons (Fsp3) is 0.500. The first-order chi connectivity index (χ1) is 5.91. The van der Waals surface area contributed by atoms with Crippen LogP contribution in [0.25, 0.3) is 0 Å². The van der Waals surface area contributed by atoms with Crippen LogP contribution in [0, 0.1) is 0 Å². The van der Waals surface area contributed by atoms with E-state index in [0.717, 1.165) is 12.8 Å². The summed E-state index contributed by atoms with van der Waals surface area (Å²) in [6.07, 6.45) is 17.7. The van der Waals surface area contributed by atoms with Crippen molar-refractivity contribution in [3.05, 3.63) is 36.5 Å². The minimum absolute atomic E-state index is 1.15. The molecule has 0 heterocycles. The first-order valence-electron chi connectivity index (χ1n) is 4.84. The Morgan fingerprint density at radius 3 is 2.00 bits per heavy atom. The van der Waals surface area contributed by atoms with E-state index in [4.69, 9.17) is 0 Å². The van der Waals surface area contributed by atoms with Crippen molar-refractivity contribution in [2.24, 2.45) is 0 Å². The summed E-state index contributed by atoms with van der Waals surface area (Å²) in [7, 11) is 0. The van der Waals surface area contributed by atoms with Gasteiger partial charge in [0.05, 0.1) is 0 Å². The molecule has 0 aromatic carbocycles. The molecule has 0 nitrogen and oxygen atoms in total. The molecular weight excluding hydrogens is 144 g/mol. The normalized spacial score (nSPS) is 12.5. The van der Waals surface area contributed by atoms with Crippen LogP contribution in [0.4, 0.5) is 0 Å². The van der Waals surface area contributed by atoms with E-state index in [1.807, 2.05) is 0 Å². The Balaban J connectivity index is 3.24. The average molecular weight is 164 g/mol. The van der Waals surface area contributed by atoms with Crippen LogP contribution in [0.5, 0.6) is 0 Å². The lowest BCUT2D eigenvalue weighted by atomic mass is 10.2. The van der Waals surface area contributed by atoms with Gasteiger partial charge >= 0.3 is 0 Å². The Kier molecular flexibility index (Phi) is 9.56. The van der Waals surface area contributed by atoms with Crippen molar-refractivity contribution in [3.63, 3.8) is 0 Å². The molecule has 0 amide bonds. The molecule has 0 saturated carbocycles. The number of hydrogen-bond acceptors (Lipinski definition) is 0. The predicted octanol–water partition coefficient (Wildman–Crippen LogP) is 4.26. The highest BCUT2D eigenvalue weighted by atomic mass is 13.8. The molecule has 0 atom stereocenters. The van der Waals surface area contributed by atoms with E-state index >= 15 is 0 Å². The molecule has 0 N–H and O–H groups in total. The molecule has 0 bridgehead atoms. The Hall–Kier alpha value is -0.780. The molecule has 0 fully saturated rings. The summed E-state index contributed by atoms with van der Waals surface area (Å²) < 4.78 is 0. The van der Waals surface area contributed by atoms with Crippen molar-refractivity contribution in [1.29, 1.82) is 0 Å². The summed E-state index contributed by atoms with van der Waals surface area (Å²) >= 11 is 0. The van der Waals surface area contributed by atoms with Gasteiger partial charge in [-0.3, -0.25) is 0 Å². The summed E-state index contributed by atoms with van der Waals surface area (Å²) in [5.74, 6) is 0. The molecule has 0 radical (unpaired) electrons. The standard InChI is InChI=1S/C12H20/c1-3-5-7-9-11-12-10-8-6-4-2/h3,5,8,10-12H,4,6-7,9H2,1-2H3. The maximum atomic E-state index is 2.21. The molecule has 0 aromatic rings. The lowest BCUT2D eigenvalue weighted by molar-refractivity contribution is 0.958. The van der Waals surface area contributed by atoms with E-state index in [-0.39, 0.29) is 0 Å². The van der Waals surface area contributed by atoms with E-state index in [1.165, 1.54) is 12.8 Å². The van der Waals surface area contributed by atoms with Crippen molar-refractivity contribution < 1.29 is 0 Å². The van der Waals surface area contributed by atoms with Crippen molar-refractivity contribution in [2.45, 2.75) is 39.5 Å². The average Bonchev–Trinajstić information content (AvgIpc) is 2.10. The van der Waals surface area contributed by atoms with E-state index in [0.29, 0.717) is 0 Å². The molecule has 0 saturated heterocycles. The Bertz CT molecular complexity index is 149. The second kappa shape index (κ2) is 10.2. The highest BCUT2D eigenvalue weighted by Crippen LogP contribution is 1.94. The second-order valence-electron chi connectivity index (χ2n) is 2.79. The predicted molar refractivity (Wildman–Crippen MR) is 57.2 cm³/mol. The van der Waals surface area contributed by atoms with E-state index in [9.17, 15) is 0 Å². The minimum atomic E-state index is 1.15. The van der Waals surface area contributed by atoms with Crippen molar-refractivity contribution in [2.75, 3.05) is 0 Å². The molecule has 0 aromatic heterocycles. The Morgan fingerprint density at radius 1 is 0.833 bits per heavy atom. The van der Waals surface area contributed by atoms with Gasteiger partial charge in [0, 0.05) is 0 Å². The van der Waals surface area contributed by atoms with Gasteiger partial charge < -0.3 is 0 Å². The van der Waals surface area contributed by atoms with Gasteiger partial charge in [0.15, 0.2) is 0 Å². The van der Waals surface area contributed by atoms with Gasteiger partial charge in [-0.1, -0.05) is 49.8 Å². The van der Waals surface area contributed by atoms with Crippen LogP contribution in [0.3, 0.4) is 0 Å². The number of hydrogen-bond donors (Lipinski definition) is 0. The lowest BCUT2D eigenvalue weighted by Crippen LogP contribution is -1.63. The third-order valence-corrected chi connectivity index (χ3v) is 1.57. The maximum absolute atomic E-state index is 2.21. The quantitative estimate of drug-likeness (QED) is 0.313. The molecule has 0 unspecified atom stereocenters. The molecular formula is C12H20. The highest BCUT2D eigenvalue weighted by Gasteiger charge is 1.73. The van der Waals surface area contributed by atoms with Gasteiger partial charge in [-0.25, -0.2) is 0 Å². The molecule has 0 spiro atoms. The third kappa shape index (κ3) is 9.22. The molecule has 0 aliphatic heterocycles. The monoisotopic (exact) mass is 164 g/mol. The van der Waals surface area contributed by atoms with Crippen LogP contribution in [0.15, 0.2) is 36.5 Å². The molecule has 0 aliphatic rings. The van der Waals surface area contributed by atoms with Gasteiger partial charge in [-0.15, -0.1) is 0 Å². The number of allylic oxidation sites excluding steroid dienone is 6. The summed E-state index contributed by atoms with van der Waals surface area (Å²) in [6.45, 7) is 4.25. The van der Waals surface area contributed by atoms with Gasteiger partial charge in [0.1, 0.15) is 0 Å².